The number of hydrogen-bond donors (Lipinski definition) is 2. The molecule has 0 bridgehead atoms. The van der Waals surface area contributed by atoms with Crippen LogP contribution in [0.15, 0.2) is 18.2 Å². The van der Waals surface area contributed by atoms with Gasteiger partial charge in [-0.15, -0.1) is 0 Å². The molecule has 2 rings (SSSR count). The van der Waals surface area contributed by atoms with Gasteiger partial charge in [0.05, 0.1) is 0 Å². The van der Waals surface area contributed by atoms with E-state index in [2.05, 4.69) is 32.2 Å². The number of nitrogens with one attached hydrogen (secondary N) is 1. The van der Waals surface area contributed by atoms with Gasteiger partial charge in [-0.25, -0.2) is 0 Å². The minimum absolute atomic E-state index is 0.193. The Labute approximate surface area is 91.9 Å². The van der Waals surface area contributed by atoms with Crippen LogP contribution in [-0.2, 0) is 0 Å². The van der Waals surface area contributed by atoms with Crippen molar-refractivity contribution in [2.45, 2.75) is 39.2 Å². The summed E-state index contributed by atoms with van der Waals surface area (Å²) in [5.41, 5.74) is 9.28. The van der Waals surface area contributed by atoms with Crippen molar-refractivity contribution in [3.05, 3.63) is 23.8 Å². The van der Waals surface area contributed by atoms with Crippen molar-refractivity contribution in [3.63, 3.8) is 0 Å². The molecule has 2 nitrogen and oxygen atoms in total. The maximum atomic E-state index is 5.89. The van der Waals surface area contributed by atoms with Gasteiger partial charge in [-0.05, 0) is 57.2 Å². The molecule has 15 heavy (non-hydrogen) atoms. The van der Waals surface area contributed by atoms with Gasteiger partial charge >= 0.3 is 0 Å². The molecule has 0 aliphatic heterocycles. The first-order valence-corrected chi connectivity index (χ1v) is 5.64. The summed E-state index contributed by atoms with van der Waals surface area (Å²) in [4.78, 5) is 0. The molecule has 1 aliphatic carbocycles. The SMILES string of the molecule is Cc1c(N)cccc1NC(C)(C)C1CC1. The van der Waals surface area contributed by atoms with E-state index in [4.69, 9.17) is 5.73 Å². The van der Waals surface area contributed by atoms with Crippen molar-refractivity contribution in [3.8, 4) is 0 Å². The van der Waals surface area contributed by atoms with Crippen LogP contribution < -0.4 is 11.1 Å². The molecular formula is C13H20N2. The minimum atomic E-state index is 0.193. The first-order valence-electron chi connectivity index (χ1n) is 5.64. The fourth-order valence-corrected chi connectivity index (χ4v) is 2.04. The summed E-state index contributed by atoms with van der Waals surface area (Å²) < 4.78 is 0. The van der Waals surface area contributed by atoms with E-state index >= 15 is 0 Å². The van der Waals surface area contributed by atoms with Crippen molar-refractivity contribution in [2.75, 3.05) is 11.1 Å². The summed E-state index contributed by atoms with van der Waals surface area (Å²) >= 11 is 0. The van der Waals surface area contributed by atoms with E-state index in [-0.39, 0.29) is 5.54 Å². The summed E-state index contributed by atoms with van der Waals surface area (Å²) in [5, 5.41) is 3.61. The zero-order valence-corrected chi connectivity index (χ0v) is 9.80. The average Bonchev–Trinajstić information content (AvgIpc) is 2.95. The molecule has 1 saturated carbocycles. The molecule has 0 saturated heterocycles. The second-order valence-electron chi connectivity index (χ2n) is 5.14. The third-order valence-corrected chi connectivity index (χ3v) is 3.43. The van der Waals surface area contributed by atoms with E-state index in [1.165, 1.54) is 18.5 Å². The zero-order valence-electron chi connectivity index (χ0n) is 9.80. The van der Waals surface area contributed by atoms with Gasteiger partial charge < -0.3 is 11.1 Å². The van der Waals surface area contributed by atoms with E-state index in [1.54, 1.807) is 0 Å². The molecule has 1 aromatic carbocycles. The summed E-state index contributed by atoms with van der Waals surface area (Å²) in [6.45, 7) is 6.61. The van der Waals surface area contributed by atoms with Gasteiger partial charge in [-0.3, -0.25) is 0 Å². The molecule has 0 unspecified atom stereocenters. The average molecular weight is 204 g/mol. The van der Waals surface area contributed by atoms with E-state index in [0.29, 0.717) is 0 Å². The van der Waals surface area contributed by atoms with Crippen LogP contribution in [0.1, 0.15) is 32.3 Å². The van der Waals surface area contributed by atoms with Crippen LogP contribution >= 0.6 is 0 Å². The van der Waals surface area contributed by atoms with Gasteiger partial charge in [-0.1, -0.05) is 6.07 Å². The Morgan fingerprint density at radius 3 is 2.60 bits per heavy atom. The Bertz CT molecular complexity index is 365. The van der Waals surface area contributed by atoms with Crippen molar-refractivity contribution < 1.29 is 0 Å². The standard InChI is InChI=1S/C13H20N2/c1-9-11(14)5-4-6-12(9)15-13(2,3)10-7-8-10/h4-6,10,15H,7-8,14H2,1-3H3. The molecule has 0 amide bonds. The Kier molecular flexibility index (Phi) is 2.37. The molecule has 1 aliphatic rings. The van der Waals surface area contributed by atoms with Crippen LogP contribution in [0.3, 0.4) is 0 Å². The van der Waals surface area contributed by atoms with Gasteiger partial charge in [0.25, 0.3) is 0 Å². The highest BCUT2D eigenvalue weighted by Crippen LogP contribution is 2.41. The molecule has 1 fully saturated rings. The molecule has 0 aromatic heterocycles. The monoisotopic (exact) mass is 204 g/mol. The van der Waals surface area contributed by atoms with Crippen molar-refractivity contribution >= 4 is 11.4 Å². The molecule has 0 heterocycles. The van der Waals surface area contributed by atoms with Crippen LogP contribution in [-0.4, -0.2) is 5.54 Å². The highest BCUT2D eigenvalue weighted by molar-refractivity contribution is 5.63. The first-order chi connectivity index (χ1) is 7.00. The quantitative estimate of drug-likeness (QED) is 0.742. The first kappa shape index (κ1) is 10.3. The van der Waals surface area contributed by atoms with Crippen LogP contribution in [0.5, 0.6) is 0 Å². The number of rotatable bonds is 3. The van der Waals surface area contributed by atoms with Crippen LogP contribution in [0.25, 0.3) is 0 Å². The molecule has 82 valence electrons. The maximum Gasteiger partial charge on any atom is 0.0394 e. The molecule has 0 atom stereocenters. The maximum absolute atomic E-state index is 5.89. The molecular weight excluding hydrogens is 184 g/mol. The van der Waals surface area contributed by atoms with Gasteiger partial charge in [0.15, 0.2) is 0 Å². The second-order valence-corrected chi connectivity index (χ2v) is 5.14. The molecule has 3 N–H and O–H groups in total. The van der Waals surface area contributed by atoms with Crippen LogP contribution in [0.4, 0.5) is 11.4 Å². The van der Waals surface area contributed by atoms with Crippen molar-refractivity contribution in [2.24, 2.45) is 5.92 Å². The van der Waals surface area contributed by atoms with Gasteiger partial charge in [-0.2, -0.15) is 0 Å². The third kappa shape index (κ3) is 2.09. The van der Waals surface area contributed by atoms with Crippen molar-refractivity contribution in [1.82, 2.24) is 0 Å². The molecule has 2 heteroatoms. The Balaban J connectivity index is 2.20. The highest BCUT2D eigenvalue weighted by atomic mass is 15.0. The van der Waals surface area contributed by atoms with E-state index in [0.717, 1.165) is 17.2 Å². The van der Waals surface area contributed by atoms with Gasteiger partial charge in [0.1, 0.15) is 0 Å². The van der Waals surface area contributed by atoms with Crippen LogP contribution in [0, 0.1) is 12.8 Å². The number of benzene rings is 1. The lowest BCUT2D eigenvalue weighted by molar-refractivity contribution is 0.494. The highest BCUT2D eigenvalue weighted by Gasteiger charge is 2.37. The largest absolute Gasteiger partial charge is 0.398 e. The Morgan fingerprint density at radius 1 is 1.33 bits per heavy atom. The fraction of sp³-hybridized carbons (Fsp3) is 0.538. The summed E-state index contributed by atoms with van der Waals surface area (Å²) in [7, 11) is 0. The van der Waals surface area contributed by atoms with Gasteiger partial charge in [0.2, 0.25) is 0 Å². The van der Waals surface area contributed by atoms with Gasteiger partial charge in [0, 0.05) is 16.9 Å². The summed E-state index contributed by atoms with van der Waals surface area (Å²) in [5.74, 6) is 0.818. The summed E-state index contributed by atoms with van der Waals surface area (Å²) in [6, 6.07) is 6.06. The normalized spacial score (nSPS) is 16.5. The van der Waals surface area contributed by atoms with E-state index in [1.807, 2.05) is 12.1 Å². The zero-order chi connectivity index (χ0) is 11.1. The number of nitrogens with two attached hydrogens (primary N) is 1. The fourth-order valence-electron chi connectivity index (χ4n) is 2.04. The molecule has 0 spiro atoms. The topological polar surface area (TPSA) is 38.0 Å². The lowest BCUT2D eigenvalue weighted by Crippen LogP contribution is -2.33. The Morgan fingerprint density at radius 2 is 2.00 bits per heavy atom. The Hall–Kier alpha value is -1.18. The predicted octanol–water partition coefficient (Wildman–Crippen LogP) is 3.18. The number of anilines is 2. The third-order valence-electron chi connectivity index (χ3n) is 3.43. The molecule has 1 aromatic rings. The van der Waals surface area contributed by atoms with Crippen molar-refractivity contribution in [1.29, 1.82) is 0 Å². The predicted molar refractivity (Wildman–Crippen MR) is 66.0 cm³/mol. The smallest absolute Gasteiger partial charge is 0.0394 e. The van der Waals surface area contributed by atoms with Crippen LogP contribution in [0.2, 0.25) is 0 Å². The second kappa shape index (κ2) is 3.44. The lowest BCUT2D eigenvalue weighted by Gasteiger charge is -2.28. The minimum Gasteiger partial charge on any atom is -0.398 e. The van der Waals surface area contributed by atoms with E-state index < -0.39 is 0 Å². The lowest BCUT2D eigenvalue weighted by atomic mass is 9.97. The van der Waals surface area contributed by atoms with E-state index in [9.17, 15) is 0 Å². The number of hydrogen-bond acceptors (Lipinski definition) is 2. The molecule has 0 radical (unpaired) electrons. The summed E-state index contributed by atoms with van der Waals surface area (Å²) in [6.07, 6.45) is 2.70. The number of nitrogen functional groups attached to an aromatic ring is 1.